The largest absolute Gasteiger partial charge is 0.488 e. The third-order valence-electron chi connectivity index (χ3n) is 6.73. The summed E-state index contributed by atoms with van der Waals surface area (Å²) in [5, 5.41) is 7.68. The van der Waals surface area contributed by atoms with Gasteiger partial charge in [0.2, 0.25) is 5.91 Å². The number of carbonyl (C=O) groups excluding carboxylic acids is 2. The fourth-order valence-corrected chi connectivity index (χ4v) is 4.85. The van der Waals surface area contributed by atoms with E-state index in [1.165, 1.54) is 0 Å². The smallest absolute Gasteiger partial charge is 0.224 e. The highest BCUT2D eigenvalue weighted by atomic mass is 16.5. The van der Waals surface area contributed by atoms with Crippen LogP contribution in [0.4, 0.5) is 0 Å². The van der Waals surface area contributed by atoms with Crippen LogP contribution in [0.2, 0.25) is 0 Å². The Balaban J connectivity index is 1.22. The molecule has 1 atom stereocenters. The molecule has 182 valence electrons. The highest BCUT2D eigenvalue weighted by molar-refractivity contribution is 6.00. The highest BCUT2D eigenvalue weighted by Crippen LogP contribution is 2.34. The Morgan fingerprint density at radius 2 is 1.78 bits per heavy atom. The van der Waals surface area contributed by atoms with Crippen LogP contribution in [-0.4, -0.2) is 34.1 Å². The van der Waals surface area contributed by atoms with Crippen LogP contribution >= 0.6 is 0 Å². The molecule has 0 unspecified atom stereocenters. The summed E-state index contributed by atoms with van der Waals surface area (Å²) in [6.45, 7) is 5.95. The van der Waals surface area contributed by atoms with E-state index >= 15 is 0 Å². The number of fused-ring (bicyclic) bond motifs is 1. The van der Waals surface area contributed by atoms with Crippen LogP contribution in [0.3, 0.4) is 0 Å². The van der Waals surface area contributed by atoms with Crippen LogP contribution in [0.15, 0.2) is 72.8 Å². The van der Waals surface area contributed by atoms with Gasteiger partial charge in [0.05, 0.1) is 24.3 Å². The summed E-state index contributed by atoms with van der Waals surface area (Å²) in [5.41, 5.74) is 7.46. The number of nitrogens with one attached hydrogen (secondary N) is 1. The number of carbonyl (C=O) groups is 2. The number of ketones is 1. The van der Waals surface area contributed by atoms with Crippen molar-refractivity contribution in [3.8, 4) is 22.6 Å². The molecule has 1 N–H and O–H groups in total. The second-order valence-corrected chi connectivity index (χ2v) is 9.25. The molecular formula is C30H29N3O3. The molecule has 0 spiro atoms. The summed E-state index contributed by atoms with van der Waals surface area (Å²) in [7, 11) is 0. The number of para-hydroxylation sites is 1. The topological polar surface area (TPSA) is 73.2 Å². The minimum atomic E-state index is -0.128. The molecule has 6 nitrogen and oxygen atoms in total. The molecule has 1 amide bonds. The van der Waals surface area contributed by atoms with E-state index in [2.05, 4.69) is 16.5 Å². The molecule has 5 rings (SSSR count). The number of Topliss-reactive ketones (excluding diaryl/α,β-unsaturated/α-hetero) is 1. The number of hydrogen-bond acceptors (Lipinski definition) is 4. The van der Waals surface area contributed by atoms with Gasteiger partial charge in [0.1, 0.15) is 11.9 Å². The lowest BCUT2D eigenvalue weighted by atomic mass is 9.95. The molecule has 2 heterocycles. The molecule has 1 aromatic heterocycles. The van der Waals surface area contributed by atoms with Gasteiger partial charge in [-0.1, -0.05) is 48.5 Å². The van der Waals surface area contributed by atoms with E-state index in [1.54, 1.807) is 6.92 Å². The number of ether oxygens (including phenoxy) is 1. The summed E-state index contributed by atoms with van der Waals surface area (Å²) >= 11 is 0. The average Bonchev–Trinajstić information content (AvgIpc) is 3.43. The van der Waals surface area contributed by atoms with Gasteiger partial charge >= 0.3 is 0 Å². The first-order valence-corrected chi connectivity index (χ1v) is 12.2. The molecule has 0 fully saturated rings. The molecule has 0 aliphatic carbocycles. The first kappa shape index (κ1) is 23.5. The van der Waals surface area contributed by atoms with Gasteiger partial charge in [0.25, 0.3) is 0 Å². The summed E-state index contributed by atoms with van der Waals surface area (Å²) < 4.78 is 7.97. The Bertz CT molecular complexity index is 1440. The minimum Gasteiger partial charge on any atom is -0.488 e. The van der Waals surface area contributed by atoms with Crippen molar-refractivity contribution in [2.24, 2.45) is 0 Å². The van der Waals surface area contributed by atoms with Crippen molar-refractivity contribution in [2.45, 2.75) is 39.7 Å². The second kappa shape index (κ2) is 9.82. The lowest BCUT2D eigenvalue weighted by molar-refractivity contribution is -0.120. The molecule has 36 heavy (non-hydrogen) atoms. The molecule has 1 aliphatic heterocycles. The van der Waals surface area contributed by atoms with Crippen LogP contribution in [0.25, 0.3) is 16.8 Å². The fourth-order valence-electron chi connectivity index (χ4n) is 4.85. The van der Waals surface area contributed by atoms with Crippen LogP contribution < -0.4 is 10.1 Å². The van der Waals surface area contributed by atoms with Gasteiger partial charge in [-0.25, -0.2) is 4.68 Å². The van der Waals surface area contributed by atoms with Gasteiger partial charge in [-0.05, 0) is 61.7 Å². The van der Waals surface area contributed by atoms with Crippen molar-refractivity contribution >= 4 is 11.7 Å². The maximum Gasteiger partial charge on any atom is 0.224 e. The quantitative estimate of drug-likeness (QED) is 0.378. The minimum absolute atomic E-state index is 0.0442. The SMILES string of the molecule is CC(=O)c1ccccc1-c1ccc2c(c1)C[C@H](CNC(=O)Cc1c(C)nn(-c3ccccc3)c1C)O2. The number of aryl methyl sites for hydroxylation is 1. The summed E-state index contributed by atoms with van der Waals surface area (Å²) in [6, 6.07) is 23.6. The summed E-state index contributed by atoms with van der Waals surface area (Å²) in [5.74, 6) is 0.821. The van der Waals surface area contributed by atoms with Crippen molar-refractivity contribution in [2.75, 3.05) is 6.54 Å². The van der Waals surface area contributed by atoms with E-state index < -0.39 is 0 Å². The molecule has 0 bridgehead atoms. The molecule has 4 aromatic rings. The Morgan fingerprint density at radius 1 is 1.03 bits per heavy atom. The van der Waals surface area contributed by atoms with Crippen LogP contribution in [0.1, 0.15) is 39.8 Å². The van der Waals surface area contributed by atoms with Crippen LogP contribution in [-0.2, 0) is 17.6 Å². The van der Waals surface area contributed by atoms with Gasteiger partial charge in [-0.3, -0.25) is 9.59 Å². The first-order chi connectivity index (χ1) is 17.4. The third-order valence-corrected chi connectivity index (χ3v) is 6.73. The fraction of sp³-hybridized carbons (Fsp3) is 0.233. The van der Waals surface area contributed by atoms with Crippen LogP contribution in [0.5, 0.6) is 5.75 Å². The van der Waals surface area contributed by atoms with Gasteiger partial charge in [-0.2, -0.15) is 5.10 Å². The van der Waals surface area contributed by atoms with Crippen molar-refractivity contribution < 1.29 is 14.3 Å². The molecule has 0 radical (unpaired) electrons. The molecular weight excluding hydrogens is 450 g/mol. The lowest BCUT2D eigenvalue weighted by Crippen LogP contribution is -2.35. The van der Waals surface area contributed by atoms with Crippen molar-refractivity contribution in [3.05, 3.63) is 101 Å². The number of nitrogens with zero attached hydrogens (tertiary/aromatic N) is 2. The lowest BCUT2D eigenvalue weighted by Gasteiger charge is -2.12. The van der Waals surface area contributed by atoms with Gasteiger partial charge in [0, 0.05) is 23.2 Å². The maximum absolute atomic E-state index is 12.8. The number of aromatic nitrogens is 2. The van der Waals surface area contributed by atoms with Crippen molar-refractivity contribution in [3.63, 3.8) is 0 Å². The molecule has 0 saturated heterocycles. The Kier molecular flexibility index (Phi) is 6.42. The van der Waals surface area contributed by atoms with E-state index in [0.29, 0.717) is 18.5 Å². The highest BCUT2D eigenvalue weighted by Gasteiger charge is 2.25. The standard InChI is InChI=1S/C30H29N3O3/c1-19-28(20(2)33(32-19)24-9-5-4-6-10-24)17-30(35)31-18-25-16-23-15-22(13-14-29(23)36-25)27-12-8-7-11-26(27)21(3)34/h4-15,25H,16-18H2,1-3H3,(H,31,35)/t25-/m1/s1. The zero-order valence-corrected chi connectivity index (χ0v) is 20.7. The van der Waals surface area contributed by atoms with E-state index in [4.69, 9.17) is 4.74 Å². The van der Waals surface area contributed by atoms with Gasteiger partial charge in [-0.15, -0.1) is 0 Å². The van der Waals surface area contributed by atoms with Gasteiger partial charge in [0.15, 0.2) is 5.78 Å². The predicted molar refractivity (Wildman–Crippen MR) is 140 cm³/mol. The normalized spacial score (nSPS) is 14.2. The van der Waals surface area contributed by atoms with E-state index in [-0.39, 0.29) is 24.2 Å². The van der Waals surface area contributed by atoms with Crippen molar-refractivity contribution in [1.29, 1.82) is 0 Å². The molecule has 1 aliphatic rings. The molecule has 3 aromatic carbocycles. The number of amides is 1. The monoisotopic (exact) mass is 479 g/mol. The Hall–Kier alpha value is -4.19. The van der Waals surface area contributed by atoms with Gasteiger partial charge < -0.3 is 10.1 Å². The zero-order chi connectivity index (χ0) is 25.2. The zero-order valence-electron chi connectivity index (χ0n) is 20.7. The third kappa shape index (κ3) is 4.67. The number of rotatable bonds is 7. The van der Waals surface area contributed by atoms with E-state index in [0.717, 1.165) is 45.1 Å². The van der Waals surface area contributed by atoms with E-state index in [1.807, 2.05) is 85.3 Å². The predicted octanol–water partition coefficient (Wildman–Crippen LogP) is 5.02. The van der Waals surface area contributed by atoms with E-state index in [9.17, 15) is 9.59 Å². The summed E-state index contributed by atoms with van der Waals surface area (Å²) in [4.78, 5) is 24.8. The first-order valence-electron chi connectivity index (χ1n) is 12.2. The van der Waals surface area contributed by atoms with Crippen molar-refractivity contribution in [1.82, 2.24) is 15.1 Å². The average molecular weight is 480 g/mol. The Morgan fingerprint density at radius 3 is 2.56 bits per heavy atom. The maximum atomic E-state index is 12.8. The second-order valence-electron chi connectivity index (χ2n) is 9.25. The Labute approximate surface area is 210 Å². The molecule has 6 heteroatoms. The molecule has 0 saturated carbocycles. The van der Waals surface area contributed by atoms with Crippen LogP contribution in [0, 0.1) is 13.8 Å². The number of benzene rings is 3. The number of hydrogen-bond donors (Lipinski definition) is 1. The summed E-state index contributed by atoms with van der Waals surface area (Å²) in [6.07, 6.45) is 0.850.